The Hall–Kier alpha value is 0.274. The van der Waals surface area contributed by atoms with Crippen LogP contribution in [-0.2, 0) is 15.3 Å². The molecule has 0 amide bonds. The van der Waals surface area contributed by atoms with E-state index in [0.717, 1.165) is 13.1 Å². The number of likely N-dealkylation sites (N-methyl/N-ethyl adjacent to an activating group) is 2. The molecular weight excluding hydrogens is 197 g/mol. The summed E-state index contributed by atoms with van der Waals surface area (Å²) in [7, 11) is 8.35. The molecule has 0 fully saturated rings. The summed E-state index contributed by atoms with van der Waals surface area (Å²) in [5.74, 6) is 0. The first-order valence-corrected chi connectivity index (χ1v) is 3.91. The van der Waals surface area contributed by atoms with Crippen LogP contribution >= 0.6 is 0 Å². The van der Waals surface area contributed by atoms with Crippen LogP contribution in [0.4, 0.5) is 7.21 Å². The Morgan fingerprint density at radius 3 is 1.18 bits per heavy atom. The van der Waals surface area contributed by atoms with Crippen LogP contribution in [-0.4, -0.2) is 51.1 Å². The predicted molar refractivity (Wildman–Crippen MR) is 39.3 cm³/mol. The van der Waals surface area contributed by atoms with Crippen LogP contribution in [0.1, 0.15) is 0 Å². The van der Waals surface area contributed by atoms with Crippen molar-refractivity contribution in [1.29, 1.82) is 0 Å². The first-order chi connectivity index (χ1) is 5.04. The van der Waals surface area contributed by atoms with Crippen LogP contribution in [0.2, 0.25) is 0 Å². The number of rotatable bonds is 3. The minimum atomic E-state index is -1.38. The second-order valence-electron chi connectivity index (χ2n) is 2.65. The molecule has 0 rings (SSSR count). The third kappa shape index (κ3) is 25.3. The topological polar surface area (TPSA) is 6.48 Å². The van der Waals surface area contributed by atoms with Gasteiger partial charge in [-0.15, -0.1) is 0 Å². The molecule has 0 radical (unpaired) electrons. The van der Waals surface area contributed by atoms with Gasteiger partial charge in [0.25, 0.3) is 0 Å². The molecule has 0 atom stereocenters. The van der Waals surface area contributed by atoms with Crippen molar-refractivity contribution in [2.45, 2.75) is 0 Å². The van der Waals surface area contributed by atoms with Crippen molar-refractivity contribution in [2.24, 2.45) is 0 Å². The summed E-state index contributed by atoms with van der Waals surface area (Å²) >= 11 is -1.38. The van der Waals surface area contributed by atoms with Gasteiger partial charge in [0.2, 0.25) is 0 Å². The van der Waals surface area contributed by atoms with Crippen LogP contribution in [0, 0.1) is 0 Å². The summed E-state index contributed by atoms with van der Waals surface area (Å²) < 4.78 is 19.1. The molecule has 0 saturated heterocycles. The molecule has 0 spiro atoms. The van der Waals surface area contributed by atoms with Crippen LogP contribution in [0.25, 0.3) is 0 Å². The molecule has 0 aliphatic heterocycles. The van der Waals surface area contributed by atoms with Gasteiger partial charge in [-0.1, -0.05) is 0 Å². The summed E-state index contributed by atoms with van der Waals surface area (Å²) in [5, 5.41) is 0. The minimum absolute atomic E-state index is 1.15. The summed E-state index contributed by atoms with van der Waals surface area (Å²) in [6.45, 7) is 2.29. The first kappa shape index (κ1) is 13.8. The van der Waals surface area contributed by atoms with Crippen molar-refractivity contribution in [3.8, 4) is 0 Å². The maximum absolute atomic E-state index is 9.56. The van der Waals surface area contributed by atoms with Crippen LogP contribution in [0.3, 0.4) is 0 Å². The number of nitrogens with zero attached hydrogens (tertiary/aromatic N) is 2. The molecule has 0 N–H and O–H groups in total. The number of hydrogen-bond donors (Lipinski definition) is 0. The van der Waals surface area contributed by atoms with Gasteiger partial charge in [-0.3, -0.25) is 0 Å². The Kier molecular flexibility index (Phi) is 12.9. The van der Waals surface area contributed by atoms with Gasteiger partial charge >= 0.3 is 22.5 Å². The SMILES string of the molecule is CN(C)CCN(C)C.[F][Ni][F]. The Morgan fingerprint density at radius 1 is 0.909 bits per heavy atom. The second kappa shape index (κ2) is 10.3. The van der Waals surface area contributed by atoms with Crippen LogP contribution in [0.15, 0.2) is 0 Å². The quantitative estimate of drug-likeness (QED) is 0.643. The second-order valence-corrected chi connectivity index (χ2v) is 2.79. The van der Waals surface area contributed by atoms with Crippen molar-refractivity contribution in [3.05, 3.63) is 0 Å². The van der Waals surface area contributed by atoms with E-state index >= 15 is 0 Å². The van der Waals surface area contributed by atoms with Crippen molar-refractivity contribution < 1.29 is 22.5 Å². The van der Waals surface area contributed by atoms with Gasteiger partial charge in [-0.2, -0.15) is 0 Å². The molecule has 0 aromatic carbocycles. The van der Waals surface area contributed by atoms with Crippen molar-refractivity contribution >= 4 is 0 Å². The molecule has 11 heavy (non-hydrogen) atoms. The molecule has 0 aromatic heterocycles. The standard InChI is InChI=1S/C6H16N2.2FH.Ni/c1-7(2)5-6-8(3)4;;;/h5-6H2,1-4H3;2*1H;/q;;;+2/p-2. The Morgan fingerprint density at radius 2 is 1.09 bits per heavy atom. The fourth-order valence-electron chi connectivity index (χ4n) is 0.400. The molecule has 0 aromatic rings. The van der Waals surface area contributed by atoms with Crippen molar-refractivity contribution in [3.63, 3.8) is 0 Å². The molecule has 0 bridgehead atoms. The summed E-state index contributed by atoms with van der Waals surface area (Å²) in [6, 6.07) is 0. The van der Waals surface area contributed by atoms with E-state index in [1.54, 1.807) is 0 Å². The molecule has 0 aliphatic rings. The molecule has 5 heteroatoms. The van der Waals surface area contributed by atoms with E-state index in [4.69, 9.17) is 0 Å². The van der Waals surface area contributed by atoms with E-state index in [2.05, 4.69) is 38.0 Å². The zero-order valence-electron chi connectivity index (χ0n) is 7.38. The van der Waals surface area contributed by atoms with E-state index in [0.29, 0.717) is 0 Å². The fourth-order valence-corrected chi connectivity index (χ4v) is 0.400. The van der Waals surface area contributed by atoms with E-state index in [1.165, 1.54) is 0 Å². The van der Waals surface area contributed by atoms with Gasteiger partial charge in [-0.05, 0) is 28.2 Å². The average Bonchev–Trinajstić information content (AvgIpc) is 1.85. The van der Waals surface area contributed by atoms with Gasteiger partial charge < -0.3 is 9.80 Å². The van der Waals surface area contributed by atoms with E-state index < -0.39 is 15.3 Å². The summed E-state index contributed by atoms with van der Waals surface area (Å²) in [4.78, 5) is 4.36. The van der Waals surface area contributed by atoms with Crippen LogP contribution < -0.4 is 0 Å². The number of hydrogen-bond acceptors (Lipinski definition) is 2. The third-order valence-electron chi connectivity index (χ3n) is 0.994. The molecule has 2 nitrogen and oxygen atoms in total. The van der Waals surface area contributed by atoms with Gasteiger partial charge in [0.1, 0.15) is 0 Å². The average molecular weight is 213 g/mol. The summed E-state index contributed by atoms with van der Waals surface area (Å²) in [5.41, 5.74) is 0. The zero-order valence-corrected chi connectivity index (χ0v) is 8.37. The van der Waals surface area contributed by atoms with E-state index in [1.807, 2.05) is 0 Å². The summed E-state index contributed by atoms with van der Waals surface area (Å²) in [6.07, 6.45) is 0. The van der Waals surface area contributed by atoms with Gasteiger partial charge in [0.15, 0.2) is 0 Å². The van der Waals surface area contributed by atoms with E-state index in [9.17, 15) is 7.21 Å². The predicted octanol–water partition coefficient (Wildman–Crippen LogP) is 0.947. The molecule has 0 aliphatic carbocycles. The Bertz CT molecular complexity index is 63.6. The Labute approximate surface area is 74.2 Å². The normalized spacial score (nSPS) is 10.2. The van der Waals surface area contributed by atoms with E-state index in [-0.39, 0.29) is 0 Å². The first-order valence-electron chi connectivity index (χ1n) is 3.16. The zero-order chi connectivity index (χ0) is 9.28. The third-order valence-corrected chi connectivity index (χ3v) is 0.994. The monoisotopic (exact) mass is 212 g/mol. The molecular formula is C6H16F2N2Ni. The number of halogens is 2. The molecule has 0 saturated carbocycles. The van der Waals surface area contributed by atoms with Crippen molar-refractivity contribution in [2.75, 3.05) is 41.3 Å². The van der Waals surface area contributed by atoms with Gasteiger partial charge in [0.05, 0.1) is 0 Å². The Balaban J connectivity index is 0. The maximum atomic E-state index is 9.56. The molecule has 0 heterocycles. The van der Waals surface area contributed by atoms with Crippen molar-refractivity contribution in [1.82, 2.24) is 9.80 Å². The van der Waals surface area contributed by atoms with Crippen LogP contribution in [0.5, 0.6) is 0 Å². The van der Waals surface area contributed by atoms with Gasteiger partial charge in [0, 0.05) is 13.1 Å². The molecule has 74 valence electrons. The molecule has 0 unspecified atom stereocenters. The fraction of sp³-hybridized carbons (Fsp3) is 1.00. The van der Waals surface area contributed by atoms with Gasteiger partial charge in [-0.25, -0.2) is 0 Å².